The highest BCUT2D eigenvalue weighted by molar-refractivity contribution is 6.00. The number of nitrogens with one attached hydrogen (secondary N) is 1. The molecule has 0 aliphatic rings. The topological polar surface area (TPSA) is 41.8 Å². The highest BCUT2D eigenvalue weighted by Crippen LogP contribution is 2.32. The van der Waals surface area contributed by atoms with Crippen LogP contribution in [0.3, 0.4) is 0 Å². The van der Waals surface area contributed by atoms with E-state index in [0.29, 0.717) is 0 Å². The summed E-state index contributed by atoms with van der Waals surface area (Å²) in [5.41, 5.74) is 11.5. The number of aryl methyl sites for hydroxylation is 1. The van der Waals surface area contributed by atoms with Crippen molar-refractivity contribution in [2.75, 3.05) is 5.73 Å². The summed E-state index contributed by atoms with van der Waals surface area (Å²) in [6.45, 7) is 2.08. The van der Waals surface area contributed by atoms with E-state index >= 15 is 0 Å². The second kappa shape index (κ2) is 3.67. The van der Waals surface area contributed by atoms with Crippen LogP contribution < -0.4 is 5.73 Å². The molecule has 0 fully saturated rings. The number of nitrogen functional groups attached to an aromatic ring is 1. The molecule has 0 aliphatic heterocycles. The highest BCUT2D eigenvalue weighted by Gasteiger charge is 2.09. The van der Waals surface area contributed by atoms with E-state index in [4.69, 9.17) is 5.73 Å². The first-order valence-corrected chi connectivity index (χ1v) is 5.69. The van der Waals surface area contributed by atoms with Crippen LogP contribution in [0.25, 0.3) is 22.2 Å². The maximum Gasteiger partial charge on any atom is 0.0698 e. The van der Waals surface area contributed by atoms with Crippen molar-refractivity contribution in [1.29, 1.82) is 0 Å². The zero-order valence-electron chi connectivity index (χ0n) is 9.70. The van der Waals surface area contributed by atoms with Gasteiger partial charge in [0.1, 0.15) is 0 Å². The largest absolute Gasteiger partial charge is 0.396 e. The molecule has 2 heteroatoms. The molecule has 0 radical (unpaired) electrons. The summed E-state index contributed by atoms with van der Waals surface area (Å²) < 4.78 is 0. The van der Waals surface area contributed by atoms with Gasteiger partial charge in [-0.1, -0.05) is 42.0 Å². The van der Waals surface area contributed by atoms with Crippen molar-refractivity contribution in [3.63, 3.8) is 0 Å². The Kier molecular flexibility index (Phi) is 2.15. The summed E-state index contributed by atoms with van der Waals surface area (Å²) in [7, 11) is 0. The van der Waals surface area contributed by atoms with Crippen LogP contribution in [0.4, 0.5) is 5.69 Å². The molecule has 0 saturated carbocycles. The Bertz CT molecular complexity index is 666. The molecule has 0 bridgehead atoms. The lowest BCUT2D eigenvalue weighted by Crippen LogP contribution is -1.86. The van der Waals surface area contributed by atoms with Gasteiger partial charge in [-0.05, 0) is 19.1 Å². The second-order valence-corrected chi connectivity index (χ2v) is 4.33. The van der Waals surface area contributed by atoms with Gasteiger partial charge in [-0.25, -0.2) is 0 Å². The first kappa shape index (κ1) is 9.97. The second-order valence-electron chi connectivity index (χ2n) is 4.33. The Morgan fingerprint density at radius 2 is 1.76 bits per heavy atom. The summed E-state index contributed by atoms with van der Waals surface area (Å²) in [6, 6.07) is 16.5. The molecule has 0 spiro atoms. The third-order valence-electron chi connectivity index (χ3n) is 3.06. The predicted molar refractivity (Wildman–Crippen MR) is 72.9 cm³/mol. The van der Waals surface area contributed by atoms with Crippen molar-refractivity contribution in [2.24, 2.45) is 0 Å². The maximum atomic E-state index is 6.21. The molecule has 3 aromatic rings. The van der Waals surface area contributed by atoms with Crippen LogP contribution in [0.2, 0.25) is 0 Å². The fourth-order valence-corrected chi connectivity index (χ4v) is 2.16. The van der Waals surface area contributed by atoms with Crippen LogP contribution in [0.1, 0.15) is 5.56 Å². The molecule has 0 atom stereocenters. The van der Waals surface area contributed by atoms with Gasteiger partial charge in [0.25, 0.3) is 0 Å². The minimum Gasteiger partial charge on any atom is -0.396 e. The van der Waals surface area contributed by atoms with E-state index in [1.54, 1.807) is 0 Å². The molecule has 17 heavy (non-hydrogen) atoms. The van der Waals surface area contributed by atoms with Gasteiger partial charge in [-0.2, -0.15) is 0 Å². The van der Waals surface area contributed by atoms with E-state index in [1.165, 1.54) is 5.56 Å². The molecule has 1 heterocycles. The third kappa shape index (κ3) is 1.58. The Morgan fingerprint density at radius 3 is 2.53 bits per heavy atom. The van der Waals surface area contributed by atoms with Crippen molar-refractivity contribution >= 4 is 16.6 Å². The van der Waals surface area contributed by atoms with Crippen molar-refractivity contribution in [3.8, 4) is 11.3 Å². The minimum absolute atomic E-state index is 0.829. The van der Waals surface area contributed by atoms with Gasteiger partial charge in [0.15, 0.2) is 0 Å². The maximum absolute atomic E-state index is 6.21. The number of anilines is 1. The molecular formula is C15H14N2. The SMILES string of the molecule is Cc1ccc2[nH]c(-c3ccccc3)c(N)c2c1. The molecule has 3 N–H and O–H groups in total. The van der Waals surface area contributed by atoms with Gasteiger partial charge in [0.2, 0.25) is 0 Å². The predicted octanol–water partition coefficient (Wildman–Crippen LogP) is 3.73. The van der Waals surface area contributed by atoms with Gasteiger partial charge < -0.3 is 10.7 Å². The van der Waals surface area contributed by atoms with Crippen LogP contribution in [0, 0.1) is 6.92 Å². The Balaban J connectivity index is 2.28. The summed E-state index contributed by atoms with van der Waals surface area (Å²) in [5.74, 6) is 0. The van der Waals surface area contributed by atoms with Crippen molar-refractivity contribution in [2.45, 2.75) is 6.92 Å². The molecule has 0 unspecified atom stereocenters. The average molecular weight is 222 g/mol. The molecule has 1 aromatic heterocycles. The van der Waals surface area contributed by atoms with Crippen LogP contribution in [-0.4, -0.2) is 4.98 Å². The molecule has 0 amide bonds. The molecule has 84 valence electrons. The summed E-state index contributed by atoms with van der Waals surface area (Å²) in [5, 5.41) is 1.10. The van der Waals surface area contributed by atoms with Gasteiger partial charge in [0, 0.05) is 16.5 Å². The number of hydrogen-bond donors (Lipinski definition) is 2. The minimum atomic E-state index is 0.829. The number of rotatable bonds is 1. The summed E-state index contributed by atoms with van der Waals surface area (Å²) in [6.07, 6.45) is 0. The lowest BCUT2D eigenvalue weighted by atomic mass is 10.1. The first-order chi connectivity index (χ1) is 8.25. The lowest BCUT2D eigenvalue weighted by molar-refractivity contribution is 1.44. The molecular weight excluding hydrogens is 208 g/mol. The van der Waals surface area contributed by atoms with E-state index < -0.39 is 0 Å². The van der Waals surface area contributed by atoms with E-state index in [9.17, 15) is 0 Å². The number of aromatic nitrogens is 1. The Labute approximate surface area is 100 Å². The number of fused-ring (bicyclic) bond motifs is 1. The highest BCUT2D eigenvalue weighted by atomic mass is 14.8. The van der Waals surface area contributed by atoms with Crippen LogP contribution in [0.15, 0.2) is 48.5 Å². The van der Waals surface area contributed by atoms with E-state index in [0.717, 1.165) is 27.8 Å². The fraction of sp³-hybridized carbons (Fsp3) is 0.0667. The number of hydrogen-bond acceptors (Lipinski definition) is 1. The van der Waals surface area contributed by atoms with E-state index in [2.05, 4.69) is 42.2 Å². The average Bonchev–Trinajstić information content (AvgIpc) is 2.68. The molecule has 3 rings (SSSR count). The standard InChI is InChI=1S/C15H14N2/c1-10-7-8-13-12(9-10)14(16)15(17-13)11-5-3-2-4-6-11/h2-9,17H,16H2,1H3. The van der Waals surface area contributed by atoms with Crippen molar-refractivity contribution in [1.82, 2.24) is 4.98 Å². The van der Waals surface area contributed by atoms with E-state index in [1.807, 2.05) is 18.2 Å². The smallest absolute Gasteiger partial charge is 0.0698 e. The Hall–Kier alpha value is -2.22. The quantitative estimate of drug-likeness (QED) is 0.647. The van der Waals surface area contributed by atoms with Gasteiger partial charge in [-0.3, -0.25) is 0 Å². The first-order valence-electron chi connectivity index (χ1n) is 5.69. The number of nitrogens with two attached hydrogens (primary N) is 1. The Morgan fingerprint density at radius 1 is 1.00 bits per heavy atom. The van der Waals surface area contributed by atoms with Crippen molar-refractivity contribution in [3.05, 3.63) is 54.1 Å². The van der Waals surface area contributed by atoms with Crippen LogP contribution >= 0.6 is 0 Å². The van der Waals surface area contributed by atoms with Crippen LogP contribution in [0.5, 0.6) is 0 Å². The fourth-order valence-electron chi connectivity index (χ4n) is 2.16. The zero-order valence-corrected chi connectivity index (χ0v) is 9.70. The zero-order chi connectivity index (χ0) is 11.8. The lowest BCUT2D eigenvalue weighted by Gasteiger charge is -1.99. The summed E-state index contributed by atoms with van der Waals surface area (Å²) in [4.78, 5) is 3.38. The number of H-pyrrole nitrogens is 1. The van der Waals surface area contributed by atoms with Gasteiger partial charge >= 0.3 is 0 Å². The number of benzene rings is 2. The van der Waals surface area contributed by atoms with Gasteiger partial charge in [-0.15, -0.1) is 0 Å². The van der Waals surface area contributed by atoms with Gasteiger partial charge in [0.05, 0.1) is 11.4 Å². The number of aromatic amines is 1. The molecule has 2 aromatic carbocycles. The normalized spacial score (nSPS) is 10.9. The van der Waals surface area contributed by atoms with Crippen LogP contribution in [-0.2, 0) is 0 Å². The summed E-state index contributed by atoms with van der Waals surface area (Å²) >= 11 is 0. The van der Waals surface area contributed by atoms with E-state index in [-0.39, 0.29) is 0 Å². The molecule has 0 saturated heterocycles. The third-order valence-corrected chi connectivity index (χ3v) is 3.06. The molecule has 2 nitrogen and oxygen atoms in total. The molecule has 0 aliphatic carbocycles. The van der Waals surface area contributed by atoms with Crippen molar-refractivity contribution < 1.29 is 0 Å². The monoisotopic (exact) mass is 222 g/mol.